The van der Waals surface area contributed by atoms with E-state index in [2.05, 4.69) is 10.2 Å². The van der Waals surface area contributed by atoms with Gasteiger partial charge in [-0.25, -0.2) is 0 Å². The maximum absolute atomic E-state index is 10.5. The zero-order valence-corrected chi connectivity index (χ0v) is 7.91. The average molecular weight is 183 g/mol. The van der Waals surface area contributed by atoms with Gasteiger partial charge < -0.3 is 10.2 Å². The zero-order chi connectivity index (χ0) is 9.10. The summed E-state index contributed by atoms with van der Waals surface area (Å²) in [5, 5.41) is 3.37. The first-order valence-corrected chi connectivity index (χ1v) is 5.04. The van der Waals surface area contributed by atoms with Gasteiger partial charge in [-0.2, -0.15) is 0 Å². The van der Waals surface area contributed by atoms with Crippen molar-refractivity contribution in [3.05, 3.63) is 0 Å². The SMILES string of the molecule is O=CN1CCN([C@@H]2CCNC2)CC1. The van der Waals surface area contributed by atoms with Crippen LogP contribution in [0.2, 0.25) is 0 Å². The normalized spacial score (nSPS) is 30.8. The van der Waals surface area contributed by atoms with Crippen molar-refractivity contribution >= 4 is 6.41 Å². The Hall–Kier alpha value is -0.610. The fourth-order valence-corrected chi connectivity index (χ4v) is 2.16. The first-order valence-electron chi connectivity index (χ1n) is 5.04. The summed E-state index contributed by atoms with van der Waals surface area (Å²) in [6.07, 6.45) is 2.23. The fraction of sp³-hybridized carbons (Fsp3) is 0.889. The van der Waals surface area contributed by atoms with E-state index < -0.39 is 0 Å². The van der Waals surface area contributed by atoms with Crippen molar-refractivity contribution in [3.63, 3.8) is 0 Å². The minimum Gasteiger partial charge on any atom is -0.343 e. The Morgan fingerprint density at radius 1 is 1.23 bits per heavy atom. The smallest absolute Gasteiger partial charge is 0.209 e. The van der Waals surface area contributed by atoms with Gasteiger partial charge in [0.25, 0.3) is 0 Å². The summed E-state index contributed by atoms with van der Waals surface area (Å²) in [6.45, 7) is 6.18. The third-order valence-electron chi connectivity index (χ3n) is 3.05. The minimum atomic E-state index is 0.716. The van der Waals surface area contributed by atoms with E-state index in [1.54, 1.807) is 0 Å². The lowest BCUT2D eigenvalue weighted by molar-refractivity contribution is -0.120. The molecule has 0 bridgehead atoms. The summed E-state index contributed by atoms with van der Waals surface area (Å²) in [4.78, 5) is 14.8. The van der Waals surface area contributed by atoms with Crippen molar-refractivity contribution in [1.82, 2.24) is 15.1 Å². The summed E-state index contributed by atoms with van der Waals surface area (Å²) in [7, 11) is 0. The zero-order valence-electron chi connectivity index (χ0n) is 7.91. The Bertz CT molecular complexity index is 172. The molecule has 0 aromatic heterocycles. The molecule has 4 nitrogen and oxygen atoms in total. The number of hydrogen-bond donors (Lipinski definition) is 1. The predicted molar refractivity (Wildman–Crippen MR) is 50.5 cm³/mol. The van der Waals surface area contributed by atoms with Crippen LogP contribution in [0.3, 0.4) is 0 Å². The Balaban J connectivity index is 1.79. The van der Waals surface area contributed by atoms with Gasteiger partial charge in [0, 0.05) is 38.8 Å². The van der Waals surface area contributed by atoms with Gasteiger partial charge in [-0.1, -0.05) is 0 Å². The van der Waals surface area contributed by atoms with E-state index in [0.29, 0.717) is 6.04 Å². The number of amides is 1. The summed E-state index contributed by atoms with van der Waals surface area (Å²) < 4.78 is 0. The highest BCUT2D eigenvalue weighted by atomic mass is 16.1. The van der Waals surface area contributed by atoms with Crippen LogP contribution in [0.25, 0.3) is 0 Å². The van der Waals surface area contributed by atoms with E-state index in [1.165, 1.54) is 6.42 Å². The molecule has 1 N–H and O–H groups in total. The van der Waals surface area contributed by atoms with E-state index in [4.69, 9.17) is 0 Å². The van der Waals surface area contributed by atoms with Crippen molar-refractivity contribution in [2.45, 2.75) is 12.5 Å². The van der Waals surface area contributed by atoms with Gasteiger partial charge >= 0.3 is 0 Å². The van der Waals surface area contributed by atoms with Crippen LogP contribution in [0.1, 0.15) is 6.42 Å². The first-order chi connectivity index (χ1) is 6.40. The standard InChI is InChI=1S/C9H17N3O/c13-8-11-3-5-12(6-4-11)9-1-2-10-7-9/h8-10H,1-7H2/t9-/m1/s1. The third kappa shape index (κ3) is 2.00. The van der Waals surface area contributed by atoms with Crippen LogP contribution in [0.4, 0.5) is 0 Å². The molecule has 1 atom stereocenters. The number of nitrogens with zero attached hydrogens (tertiary/aromatic N) is 2. The summed E-state index contributed by atoms with van der Waals surface area (Å²) in [5.74, 6) is 0. The van der Waals surface area contributed by atoms with Crippen molar-refractivity contribution in [3.8, 4) is 0 Å². The Labute approximate surface area is 78.9 Å². The molecular formula is C9H17N3O. The van der Waals surface area contributed by atoms with Gasteiger partial charge in [0.2, 0.25) is 6.41 Å². The molecule has 1 amide bonds. The van der Waals surface area contributed by atoms with Crippen LogP contribution < -0.4 is 5.32 Å². The highest BCUT2D eigenvalue weighted by molar-refractivity contribution is 5.47. The number of nitrogens with one attached hydrogen (secondary N) is 1. The molecule has 2 heterocycles. The monoisotopic (exact) mass is 183 g/mol. The molecule has 4 heteroatoms. The second kappa shape index (κ2) is 4.07. The molecule has 2 saturated heterocycles. The number of carbonyl (C=O) groups is 1. The van der Waals surface area contributed by atoms with Crippen molar-refractivity contribution in [1.29, 1.82) is 0 Å². The number of hydrogen-bond acceptors (Lipinski definition) is 3. The van der Waals surface area contributed by atoms with Crippen LogP contribution in [0.5, 0.6) is 0 Å². The Morgan fingerprint density at radius 2 is 2.00 bits per heavy atom. The van der Waals surface area contributed by atoms with E-state index in [1.807, 2.05) is 4.90 Å². The molecule has 74 valence electrons. The molecular weight excluding hydrogens is 166 g/mol. The third-order valence-corrected chi connectivity index (χ3v) is 3.05. The molecule has 0 aliphatic carbocycles. The maximum atomic E-state index is 10.5. The number of rotatable bonds is 2. The number of piperazine rings is 1. The largest absolute Gasteiger partial charge is 0.343 e. The molecule has 0 saturated carbocycles. The van der Waals surface area contributed by atoms with E-state index >= 15 is 0 Å². The molecule has 0 spiro atoms. The summed E-state index contributed by atoms with van der Waals surface area (Å²) in [5.41, 5.74) is 0. The molecule has 2 aliphatic heterocycles. The van der Waals surface area contributed by atoms with Crippen molar-refractivity contribution < 1.29 is 4.79 Å². The molecule has 13 heavy (non-hydrogen) atoms. The summed E-state index contributed by atoms with van der Waals surface area (Å²) >= 11 is 0. The Morgan fingerprint density at radius 3 is 2.54 bits per heavy atom. The van der Waals surface area contributed by atoms with Gasteiger partial charge in [0.15, 0.2) is 0 Å². The first kappa shape index (κ1) is 8.97. The van der Waals surface area contributed by atoms with Crippen molar-refractivity contribution in [2.75, 3.05) is 39.3 Å². The van der Waals surface area contributed by atoms with Gasteiger partial charge in [-0.05, 0) is 13.0 Å². The van der Waals surface area contributed by atoms with Gasteiger partial charge in [0.05, 0.1) is 0 Å². The van der Waals surface area contributed by atoms with Gasteiger partial charge in [-0.15, -0.1) is 0 Å². The number of carbonyl (C=O) groups excluding carboxylic acids is 1. The molecule has 2 fully saturated rings. The van der Waals surface area contributed by atoms with Crippen molar-refractivity contribution in [2.24, 2.45) is 0 Å². The second-order valence-corrected chi connectivity index (χ2v) is 3.82. The van der Waals surface area contributed by atoms with Crippen LogP contribution >= 0.6 is 0 Å². The van der Waals surface area contributed by atoms with Crippen LogP contribution in [0, 0.1) is 0 Å². The van der Waals surface area contributed by atoms with Crippen LogP contribution in [-0.2, 0) is 4.79 Å². The lowest BCUT2D eigenvalue weighted by atomic mass is 10.2. The maximum Gasteiger partial charge on any atom is 0.209 e. The second-order valence-electron chi connectivity index (χ2n) is 3.82. The van der Waals surface area contributed by atoms with E-state index in [-0.39, 0.29) is 0 Å². The molecule has 2 rings (SSSR count). The van der Waals surface area contributed by atoms with Gasteiger partial charge in [-0.3, -0.25) is 9.69 Å². The summed E-state index contributed by atoms with van der Waals surface area (Å²) in [6, 6.07) is 0.716. The minimum absolute atomic E-state index is 0.716. The molecule has 0 unspecified atom stereocenters. The molecule has 0 aromatic carbocycles. The fourth-order valence-electron chi connectivity index (χ4n) is 2.16. The van der Waals surface area contributed by atoms with Gasteiger partial charge in [0.1, 0.15) is 0 Å². The topological polar surface area (TPSA) is 35.6 Å². The highest BCUT2D eigenvalue weighted by Crippen LogP contribution is 2.10. The van der Waals surface area contributed by atoms with Crippen LogP contribution in [-0.4, -0.2) is 61.5 Å². The Kier molecular flexibility index (Phi) is 2.80. The van der Waals surface area contributed by atoms with E-state index in [0.717, 1.165) is 45.7 Å². The average Bonchev–Trinajstić information content (AvgIpc) is 2.71. The molecule has 0 aromatic rings. The lowest BCUT2D eigenvalue weighted by Crippen LogP contribution is -2.50. The molecule has 2 aliphatic rings. The van der Waals surface area contributed by atoms with Crippen LogP contribution in [0.15, 0.2) is 0 Å². The lowest BCUT2D eigenvalue weighted by Gasteiger charge is -2.36. The highest BCUT2D eigenvalue weighted by Gasteiger charge is 2.25. The predicted octanol–water partition coefficient (Wildman–Crippen LogP) is -0.878. The quantitative estimate of drug-likeness (QED) is 0.565. The molecule has 0 radical (unpaired) electrons. The van der Waals surface area contributed by atoms with E-state index in [9.17, 15) is 4.79 Å².